The molecular formula is C15H29N3O. The fourth-order valence-electron chi connectivity index (χ4n) is 3.27. The van der Waals surface area contributed by atoms with Crippen LogP contribution in [0.2, 0.25) is 0 Å². The predicted molar refractivity (Wildman–Crippen MR) is 78.1 cm³/mol. The lowest BCUT2D eigenvalue weighted by atomic mass is 9.94. The van der Waals surface area contributed by atoms with Gasteiger partial charge in [0.05, 0.1) is 6.54 Å². The van der Waals surface area contributed by atoms with Crippen molar-refractivity contribution in [2.45, 2.75) is 58.0 Å². The molecule has 2 heterocycles. The van der Waals surface area contributed by atoms with Crippen LogP contribution in [0.5, 0.6) is 0 Å². The van der Waals surface area contributed by atoms with Crippen molar-refractivity contribution in [1.29, 1.82) is 0 Å². The predicted octanol–water partition coefficient (Wildman–Crippen LogP) is 1.37. The van der Waals surface area contributed by atoms with Gasteiger partial charge in [0.15, 0.2) is 0 Å². The first-order valence-electron chi connectivity index (χ1n) is 7.91. The van der Waals surface area contributed by atoms with Gasteiger partial charge in [-0.15, -0.1) is 0 Å². The van der Waals surface area contributed by atoms with E-state index in [0.717, 1.165) is 19.6 Å². The molecule has 4 heteroatoms. The number of rotatable bonds is 5. The molecule has 0 radical (unpaired) electrons. The van der Waals surface area contributed by atoms with Crippen LogP contribution in [0.3, 0.4) is 0 Å². The van der Waals surface area contributed by atoms with Crippen molar-refractivity contribution < 1.29 is 4.79 Å². The van der Waals surface area contributed by atoms with Crippen molar-refractivity contribution in [2.75, 3.05) is 26.2 Å². The highest BCUT2D eigenvalue weighted by atomic mass is 16.2. The van der Waals surface area contributed by atoms with E-state index in [9.17, 15) is 4.79 Å². The van der Waals surface area contributed by atoms with Crippen molar-refractivity contribution in [2.24, 2.45) is 5.92 Å². The van der Waals surface area contributed by atoms with Crippen LogP contribution in [0.1, 0.15) is 46.0 Å². The van der Waals surface area contributed by atoms with Gasteiger partial charge in [-0.05, 0) is 44.7 Å². The minimum Gasteiger partial charge on any atom is -0.355 e. The zero-order chi connectivity index (χ0) is 13.7. The Morgan fingerprint density at radius 1 is 1.32 bits per heavy atom. The van der Waals surface area contributed by atoms with Crippen molar-refractivity contribution in [3.63, 3.8) is 0 Å². The van der Waals surface area contributed by atoms with Crippen LogP contribution in [-0.2, 0) is 4.79 Å². The van der Waals surface area contributed by atoms with Gasteiger partial charge in [0.2, 0.25) is 5.91 Å². The maximum absolute atomic E-state index is 12.0. The molecule has 0 aromatic rings. The third-order valence-corrected chi connectivity index (χ3v) is 4.28. The topological polar surface area (TPSA) is 44.4 Å². The second kappa shape index (κ2) is 7.25. The summed E-state index contributed by atoms with van der Waals surface area (Å²) in [6, 6.07) is 1.18. The number of likely N-dealkylation sites (tertiary alicyclic amines) is 1. The highest BCUT2D eigenvalue weighted by Crippen LogP contribution is 2.23. The second-order valence-electron chi connectivity index (χ2n) is 6.43. The summed E-state index contributed by atoms with van der Waals surface area (Å²) in [6.45, 7) is 7.86. The quantitative estimate of drug-likeness (QED) is 0.790. The van der Waals surface area contributed by atoms with Crippen molar-refractivity contribution in [3.8, 4) is 0 Å². The number of nitrogens with zero attached hydrogens (tertiary/aromatic N) is 1. The molecule has 19 heavy (non-hydrogen) atoms. The van der Waals surface area contributed by atoms with Gasteiger partial charge < -0.3 is 10.6 Å². The Kier molecular flexibility index (Phi) is 5.64. The summed E-state index contributed by atoms with van der Waals surface area (Å²) in [5.41, 5.74) is 0. The van der Waals surface area contributed by atoms with Crippen LogP contribution < -0.4 is 10.6 Å². The van der Waals surface area contributed by atoms with E-state index in [0.29, 0.717) is 24.5 Å². The molecule has 0 aromatic carbocycles. The van der Waals surface area contributed by atoms with E-state index in [2.05, 4.69) is 29.4 Å². The molecule has 0 spiro atoms. The first kappa shape index (κ1) is 14.8. The molecule has 0 saturated carbocycles. The van der Waals surface area contributed by atoms with Gasteiger partial charge in [-0.3, -0.25) is 9.69 Å². The summed E-state index contributed by atoms with van der Waals surface area (Å²) in [6.07, 6.45) is 6.35. The molecule has 110 valence electrons. The van der Waals surface area contributed by atoms with E-state index in [4.69, 9.17) is 0 Å². The summed E-state index contributed by atoms with van der Waals surface area (Å²) in [5, 5.41) is 6.65. The van der Waals surface area contributed by atoms with E-state index >= 15 is 0 Å². The normalized spacial score (nSPS) is 28.8. The summed E-state index contributed by atoms with van der Waals surface area (Å²) in [7, 11) is 0. The molecule has 2 aliphatic heterocycles. The number of amides is 1. The summed E-state index contributed by atoms with van der Waals surface area (Å²) in [5.74, 6) is 0.719. The van der Waals surface area contributed by atoms with Gasteiger partial charge in [-0.1, -0.05) is 20.3 Å². The average Bonchev–Trinajstić information content (AvgIpc) is 2.91. The van der Waals surface area contributed by atoms with Gasteiger partial charge in [-0.2, -0.15) is 0 Å². The largest absolute Gasteiger partial charge is 0.355 e. The fourth-order valence-corrected chi connectivity index (χ4v) is 3.27. The lowest BCUT2D eigenvalue weighted by Gasteiger charge is -2.38. The summed E-state index contributed by atoms with van der Waals surface area (Å²) < 4.78 is 0. The molecule has 1 amide bonds. The van der Waals surface area contributed by atoms with Crippen LogP contribution in [0.15, 0.2) is 0 Å². The Hall–Kier alpha value is -0.610. The van der Waals surface area contributed by atoms with Crippen LogP contribution in [-0.4, -0.2) is 49.1 Å². The van der Waals surface area contributed by atoms with Gasteiger partial charge in [0.25, 0.3) is 0 Å². The zero-order valence-electron chi connectivity index (χ0n) is 12.5. The van der Waals surface area contributed by atoms with E-state index < -0.39 is 0 Å². The molecule has 2 saturated heterocycles. The molecule has 0 aromatic heterocycles. The standard InChI is InChI=1S/C15H29N3O/c1-12(2)10-17-15(19)11-18-9-4-3-7-14(18)13-6-5-8-16-13/h12-14,16H,3-11H2,1-2H3,(H,17,19). The maximum Gasteiger partial charge on any atom is 0.234 e. The van der Waals surface area contributed by atoms with E-state index in [1.165, 1.54) is 32.1 Å². The van der Waals surface area contributed by atoms with Gasteiger partial charge in [-0.25, -0.2) is 0 Å². The molecular weight excluding hydrogens is 238 g/mol. The Balaban J connectivity index is 1.83. The lowest BCUT2D eigenvalue weighted by Crippen LogP contribution is -2.53. The average molecular weight is 267 g/mol. The first-order chi connectivity index (χ1) is 9.16. The van der Waals surface area contributed by atoms with Crippen molar-refractivity contribution in [3.05, 3.63) is 0 Å². The van der Waals surface area contributed by atoms with Crippen molar-refractivity contribution in [1.82, 2.24) is 15.5 Å². The maximum atomic E-state index is 12.0. The van der Waals surface area contributed by atoms with Gasteiger partial charge in [0.1, 0.15) is 0 Å². The number of carbonyl (C=O) groups is 1. The second-order valence-corrected chi connectivity index (χ2v) is 6.43. The molecule has 2 fully saturated rings. The van der Waals surface area contributed by atoms with Crippen LogP contribution in [0, 0.1) is 5.92 Å². The Morgan fingerprint density at radius 3 is 2.84 bits per heavy atom. The van der Waals surface area contributed by atoms with Crippen molar-refractivity contribution >= 4 is 5.91 Å². The molecule has 4 nitrogen and oxygen atoms in total. The molecule has 2 unspecified atom stereocenters. The SMILES string of the molecule is CC(C)CNC(=O)CN1CCCCC1C1CCCN1. The van der Waals surface area contributed by atoms with Crippen LogP contribution in [0.4, 0.5) is 0 Å². The molecule has 2 rings (SSSR count). The summed E-state index contributed by atoms with van der Waals surface area (Å²) >= 11 is 0. The van der Waals surface area contributed by atoms with E-state index in [-0.39, 0.29) is 5.91 Å². The first-order valence-corrected chi connectivity index (χ1v) is 7.91. The minimum atomic E-state index is 0.193. The number of hydrogen-bond acceptors (Lipinski definition) is 3. The van der Waals surface area contributed by atoms with Crippen LogP contribution >= 0.6 is 0 Å². The highest BCUT2D eigenvalue weighted by molar-refractivity contribution is 5.78. The van der Waals surface area contributed by atoms with Gasteiger partial charge in [0, 0.05) is 18.6 Å². The van der Waals surface area contributed by atoms with E-state index in [1.54, 1.807) is 0 Å². The molecule has 2 aliphatic rings. The number of piperidine rings is 1. The summed E-state index contributed by atoms with van der Waals surface area (Å²) in [4.78, 5) is 14.4. The number of nitrogens with one attached hydrogen (secondary N) is 2. The number of hydrogen-bond donors (Lipinski definition) is 2. The monoisotopic (exact) mass is 267 g/mol. The zero-order valence-corrected chi connectivity index (χ0v) is 12.5. The third-order valence-electron chi connectivity index (χ3n) is 4.28. The third kappa shape index (κ3) is 4.46. The molecule has 2 N–H and O–H groups in total. The Labute approximate surface area is 117 Å². The Morgan fingerprint density at radius 2 is 2.16 bits per heavy atom. The number of carbonyl (C=O) groups excluding carboxylic acids is 1. The van der Waals surface area contributed by atoms with Crippen LogP contribution in [0.25, 0.3) is 0 Å². The smallest absolute Gasteiger partial charge is 0.234 e. The van der Waals surface area contributed by atoms with Gasteiger partial charge >= 0.3 is 0 Å². The molecule has 0 aliphatic carbocycles. The fraction of sp³-hybridized carbons (Fsp3) is 0.933. The molecule has 2 atom stereocenters. The molecule has 0 bridgehead atoms. The lowest BCUT2D eigenvalue weighted by molar-refractivity contribution is -0.123. The highest BCUT2D eigenvalue weighted by Gasteiger charge is 2.32. The minimum absolute atomic E-state index is 0.193. The van der Waals surface area contributed by atoms with E-state index in [1.807, 2.05) is 0 Å². The Bertz CT molecular complexity index is 287.